The van der Waals surface area contributed by atoms with Crippen molar-refractivity contribution in [1.82, 2.24) is 9.97 Å². The van der Waals surface area contributed by atoms with Crippen molar-refractivity contribution in [2.75, 3.05) is 19.0 Å². The smallest absolute Gasteiger partial charge is 0.135 e. The van der Waals surface area contributed by atoms with E-state index in [1.165, 1.54) is 5.56 Å². The fourth-order valence-corrected chi connectivity index (χ4v) is 2.02. The molecule has 2 rings (SSSR count). The number of nitrogens with zero attached hydrogens (tertiary/aromatic N) is 1. The number of anilines is 1. The third-order valence-corrected chi connectivity index (χ3v) is 2.85. The maximum atomic E-state index is 5.12. The van der Waals surface area contributed by atoms with Crippen molar-refractivity contribution in [2.45, 2.75) is 13.0 Å². The summed E-state index contributed by atoms with van der Waals surface area (Å²) in [7, 11) is 1.63. The Kier molecular flexibility index (Phi) is 5.06. The Morgan fingerprint density at radius 2 is 2.11 bits per heavy atom. The average molecular weight is 275 g/mol. The summed E-state index contributed by atoms with van der Waals surface area (Å²) in [5.74, 6) is 1.61. The fourth-order valence-electron chi connectivity index (χ4n) is 1.79. The molecule has 1 aromatic carbocycles. The summed E-state index contributed by atoms with van der Waals surface area (Å²) in [6.45, 7) is 1.27. The molecule has 0 aliphatic carbocycles. The molecule has 2 N–H and O–H groups in total. The van der Waals surface area contributed by atoms with Gasteiger partial charge in [-0.2, -0.15) is 0 Å². The van der Waals surface area contributed by atoms with Crippen molar-refractivity contribution >= 4 is 18.0 Å². The summed E-state index contributed by atoms with van der Waals surface area (Å²) in [4.78, 5) is 7.34. The average Bonchev–Trinajstić information content (AvgIpc) is 2.40. The predicted molar refractivity (Wildman–Crippen MR) is 78.8 cm³/mol. The molecule has 0 aliphatic heterocycles. The summed E-state index contributed by atoms with van der Waals surface area (Å²) in [6, 6.07) is 12.2. The molecule has 19 heavy (non-hydrogen) atoms. The predicted octanol–water partition coefficient (Wildman–Crippen LogP) is 2.94. The lowest BCUT2D eigenvalue weighted by Gasteiger charge is -2.08. The highest BCUT2D eigenvalue weighted by Crippen LogP contribution is 2.06. The first kappa shape index (κ1) is 13.7. The zero-order valence-corrected chi connectivity index (χ0v) is 11.7. The van der Waals surface area contributed by atoms with Crippen LogP contribution in [0.2, 0.25) is 0 Å². The van der Waals surface area contributed by atoms with Crippen molar-refractivity contribution in [3.63, 3.8) is 0 Å². The number of H-pyrrole nitrogens is 1. The molecule has 1 aromatic heterocycles. The lowest BCUT2D eigenvalue weighted by atomic mass is 10.1. The van der Waals surface area contributed by atoms with Gasteiger partial charge in [0.15, 0.2) is 0 Å². The van der Waals surface area contributed by atoms with Crippen molar-refractivity contribution in [3.8, 4) is 0 Å². The number of nitrogens with one attached hydrogen (secondary N) is 2. The van der Waals surface area contributed by atoms with Crippen molar-refractivity contribution in [3.05, 3.63) is 52.4 Å². The molecule has 0 aliphatic rings. The zero-order chi connectivity index (χ0) is 13.5. The van der Waals surface area contributed by atoms with Crippen LogP contribution in [0, 0.1) is 4.64 Å². The van der Waals surface area contributed by atoms with E-state index < -0.39 is 0 Å². The van der Waals surface area contributed by atoms with Gasteiger partial charge in [-0.3, -0.25) is 0 Å². The van der Waals surface area contributed by atoms with Gasteiger partial charge in [-0.15, -0.1) is 0 Å². The van der Waals surface area contributed by atoms with Gasteiger partial charge >= 0.3 is 0 Å². The molecular formula is C14H17N3OS. The van der Waals surface area contributed by atoms with E-state index in [0.717, 1.165) is 24.6 Å². The van der Waals surface area contributed by atoms with Gasteiger partial charge in [-0.05, 0) is 12.0 Å². The molecule has 2 aromatic rings. The largest absolute Gasteiger partial charge is 0.377 e. The summed E-state index contributed by atoms with van der Waals surface area (Å²) in [6.07, 6.45) is 0.962. The van der Waals surface area contributed by atoms with E-state index in [0.29, 0.717) is 11.2 Å². The highest BCUT2D eigenvalue weighted by Gasteiger charge is 1.99. The van der Waals surface area contributed by atoms with Crippen LogP contribution in [0.5, 0.6) is 0 Å². The van der Waals surface area contributed by atoms with E-state index >= 15 is 0 Å². The number of aromatic nitrogens is 2. The molecule has 0 amide bonds. The SMILES string of the molecule is COCc1nc(=S)cc(NCCc2ccccc2)[nH]1. The van der Waals surface area contributed by atoms with Gasteiger partial charge in [0.2, 0.25) is 0 Å². The quantitative estimate of drug-likeness (QED) is 0.796. The lowest BCUT2D eigenvalue weighted by Crippen LogP contribution is -2.08. The standard InChI is InChI=1S/C14H17N3OS/c1-18-10-13-16-12(9-14(19)17-13)15-8-7-11-5-3-2-4-6-11/h2-6,9H,7-8,10H2,1H3,(H2,15,16,17,19). The van der Waals surface area contributed by atoms with Crippen molar-refractivity contribution < 1.29 is 4.74 Å². The van der Waals surface area contributed by atoms with Crippen LogP contribution in [0.1, 0.15) is 11.4 Å². The van der Waals surface area contributed by atoms with Gasteiger partial charge in [0.05, 0.1) is 0 Å². The molecule has 0 saturated carbocycles. The van der Waals surface area contributed by atoms with E-state index in [1.54, 1.807) is 7.11 Å². The van der Waals surface area contributed by atoms with Crippen LogP contribution in [-0.4, -0.2) is 23.6 Å². The Morgan fingerprint density at radius 1 is 1.32 bits per heavy atom. The van der Waals surface area contributed by atoms with E-state index in [9.17, 15) is 0 Å². The van der Waals surface area contributed by atoms with Crippen LogP contribution >= 0.6 is 12.2 Å². The van der Waals surface area contributed by atoms with E-state index in [2.05, 4.69) is 27.4 Å². The first-order chi connectivity index (χ1) is 9.28. The molecule has 0 spiro atoms. The van der Waals surface area contributed by atoms with Crippen LogP contribution in [-0.2, 0) is 17.8 Å². The molecule has 5 heteroatoms. The minimum atomic E-state index is 0.428. The number of hydrogen-bond acceptors (Lipinski definition) is 4. The Labute approximate surface area is 117 Å². The number of ether oxygens (including phenoxy) is 1. The van der Waals surface area contributed by atoms with Gasteiger partial charge in [0.25, 0.3) is 0 Å². The Hall–Kier alpha value is -1.72. The molecule has 0 unspecified atom stereocenters. The topological polar surface area (TPSA) is 49.9 Å². The Morgan fingerprint density at radius 3 is 2.84 bits per heavy atom. The van der Waals surface area contributed by atoms with E-state index in [1.807, 2.05) is 24.3 Å². The van der Waals surface area contributed by atoms with Crippen LogP contribution in [0.15, 0.2) is 36.4 Å². The number of benzene rings is 1. The third kappa shape index (κ3) is 4.46. The van der Waals surface area contributed by atoms with Crippen LogP contribution in [0.4, 0.5) is 5.82 Å². The second kappa shape index (κ2) is 7.01. The Bertz CT molecular complexity index is 568. The number of methoxy groups -OCH3 is 1. The molecule has 0 bridgehead atoms. The maximum absolute atomic E-state index is 5.12. The van der Waals surface area contributed by atoms with E-state index in [-0.39, 0.29) is 0 Å². The first-order valence-corrected chi connectivity index (χ1v) is 6.56. The van der Waals surface area contributed by atoms with Gasteiger partial charge in [-0.1, -0.05) is 42.5 Å². The van der Waals surface area contributed by atoms with Gasteiger partial charge in [0, 0.05) is 19.7 Å². The molecule has 1 heterocycles. The lowest BCUT2D eigenvalue weighted by molar-refractivity contribution is 0.178. The van der Waals surface area contributed by atoms with Crippen molar-refractivity contribution in [1.29, 1.82) is 0 Å². The van der Waals surface area contributed by atoms with Gasteiger partial charge in [-0.25, -0.2) is 4.98 Å². The summed E-state index contributed by atoms with van der Waals surface area (Å²) in [5.41, 5.74) is 1.31. The molecule has 0 fully saturated rings. The summed E-state index contributed by atoms with van der Waals surface area (Å²) >= 11 is 5.12. The van der Waals surface area contributed by atoms with Crippen molar-refractivity contribution in [2.24, 2.45) is 0 Å². The molecular weight excluding hydrogens is 258 g/mol. The van der Waals surface area contributed by atoms with E-state index in [4.69, 9.17) is 17.0 Å². The van der Waals surface area contributed by atoms with Crippen LogP contribution in [0.25, 0.3) is 0 Å². The van der Waals surface area contributed by atoms with Gasteiger partial charge in [0.1, 0.15) is 22.9 Å². The van der Waals surface area contributed by atoms with Crippen LogP contribution in [0.3, 0.4) is 0 Å². The van der Waals surface area contributed by atoms with Gasteiger partial charge < -0.3 is 15.0 Å². The second-order valence-corrected chi connectivity index (χ2v) is 4.59. The molecule has 100 valence electrons. The zero-order valence-electron chi connectivity index (χ0n) is 10.8. The summed E-state index contributed by atoms with van der Waals surface area (Å²) < 4.78 is 5.61. The highest BCUT2D eigenvalue weighted by molar-refractivity contribution is 7.71. The highest BCUT2D eigenvalue weighted by atomic mass is 32.1. The third-order valence-electron chi connectivity index (χ3n) is 2.64. The maximum Gasteiger partial charge on any atom is 0.135 e. The monoisotopic (exact) mass is 275 g/mol. The fraction of sp³-hybridized carbons (Fsp3) is 0.286. The second-order valence-electron chi connectivity index (χ2n) is 4.18. The van der Waals surface area contributed by atoms with Crippen LogP contribution < -0.4 is 5.32 Å². The minimum Gasteiger partial charge on any atom is -0.377 e. The molecule has 0 atom stereocenters. The first-order valence-electron chi connectivity index (χ1n) is 6.15. The molecule has 0 radical (unpaired) electrons. The minimum absolute atomic E-state index is 0.428. The number of aromatic amines is 1. The number of rotatable bonds is 6. The summed E-state index contributed by atoms with van der Waals surface area (Å²) in [5, 5.41) is 3.31. The Balaban J connectivity index is 1.94. The molecule has 0 saturated heterocycles. The normalized spacial score (nSPS) is 10.4. The number of hydrogen-bond donors (Lipinski definition) is 2. The molecule has 4 nitrogen and oxygen atoms in total.